The van der Waals surface area contributed by atoms with E-state index in [1.54, 1.807) is 16.2 Å². The van der Waals surface area contributed by atoms with Crippen molar-refractivity contribution in [3.8, 4) is 11.5 Å². The molecular formula is C28H28N2O4S. The second-order valence-corrected chi connectivity index (χ2v) is 10.3. The van der Waals surface area contributed by atoms with Crippen LogP contribution in [0.15, 0.2) is 60.0 Å². The van der Waals surface area contributed by atoms with Crippen LogP contribution in [0.2, 0.25) is 0 Å². The molecule has 1 unspecified atom stereocenters. The van der Waals surface area contributed by atoms with E-state index in [0.717, 1.165) is 41.8 Å². The van der Waals surface area contributed by atoms with E-state index in [1.807, 2.05) is 64.9 Å². The Kier molecular flexibility index (Phi) is 5.94. The summed E-state index contributed by atoms with van der Waals surface area (Å²) < 4.78 is 11.5. The maximum absolute atomic E-state index is 14.2. The predicted octanol–water partition coefficient (Wildman–Crippen LogP) is 5.52. The first-order valence-corrected chi connectivity index (χ1v) is 13.2. The minimum Gasteiger partial charge on any atom is -0.486 e. The molecule has 0 N–H and O–H groups in total. The van der Waals surface area contributed by atoms with Gasteiger partial charge in [-0.05, 0) is 42.5 Å². The molecule has 1 saturated carbocycles. The molecule has 1 aromatic heterocycles. The van der Waals surface area contributed by atoms with Crippen LogP contribution < -0.4 is 19.3 Å². The van der Waals surface area contributed by atoms with Crippen molar-refractivity contribution in [3.05, 3.63) is 70.4 Å². The third-order valence-corrected chi connectivity index (χ3v) is 8.01. The molecule has 3 aliphatic rings. The summed E-state index contributed by atoms with van der Waals surface area (Å²) >= 11 is 1.55. The fourth-order valence-electron chi connectivity index (χ4n) is 5.55. The van der Waals surface area contributed by atoms with Crippen LogP contribution >= 0.6 is 11.3 Å². The van der Waals surface area contributed by atoms with Gasteiger partial charge in [-0.3, -0.25) is 14.5 Å². The molecular weight excluding hydrogens is 460 g/mol. The number of fused-ring (bicyclic) bond motifs is 2. The van der Waals surface area contributed by atoms with Crippen LogP contribution in [-0.4, -0.2) is 31.1 Å². The molecule has 1 aliphatic carbocycles. The summed E-state index contributed by atoms with van der Waals surface area (Å²) in [6, 6.07) is 16.9. The van der Waals surface area contributed by atoms with E-state index >= 15 is 0 Å². The smallest absolute Gasteiger partial charge is 0.255 e. The molecule has 3 aromatic rings. The number of para-hydroxylation sites is 1. The monoisotopic (exact) mass is 488 g/mol. The Bertz CT molecular complexity index is 1240. The van der Waals surface area contributed by atoms with Crippen LogP contribution in [0.3, 0.4) is 0 Å². The highest BCUT2D eigenvalue weighted by Crippen LogP contribution is 2.45. The Balaban J connectivity index is 1.43. The minimum absolute atomic E-state index is 0.0208. The Morgan fingerprint density at radius 2 is 1.77 bits per heavy atom. The van der Waals surface area contributed by atoms with Crippen LogP contribution in [0.4, 0.5) is 11.4 Å². The predicted molar refractivity (Wildman–Crippen MR) is 136 cm³/mol. The minimum atomic E-state index is -0.705. The normalized spacial score (nSPS) is 19.5. The molecule has 0 radical (unpaired) electrons. The van der Waals surface area contributed by atoms with Crippen LogP contribution in [0.25, 0.3) is 0 Å². The van der Waals surface area contributed by atoms with Gasteiger partial charge in [0.15, 0.2) is 11.5 Å². The topological polar surface area (TPSA) is 59.1 Å². The van der Waals surface area contributed by atoms with Gasteiger partial charge < -0.3 is 14.4 Å². The number of rotatable bonds is 5. The van der Waals surface area contributed by atoms with E-state index in [9.17, 15) is 9.59 Å². The van der Waals surface area contributed by atoms with Crippen molar-refractivity contribution >= 4 is 34.5 Å². The molecule has 2 amide bonds. The third-order valence-electron chi connectivity index (χ3n) is 7.14. The zero-order valence-electron chi connectivity index (χ0n) is 19.5. The van der Waals surface area contributed by atoms with Gasteiger partial charge in [0, 0.05) is 33.9 Å². The quantitative estimate of drug-likeness (QED) is 0.475. The van der Waals surface area contributed by atoms with Crippen LogP contribution in [0.1, 0.15) is 48.6 Å². The lowest BCUT2D eigenvalue weighted by Crippen LogP contribution is -2.45. The lowest BCUT2D eigenvalue weighted by molar-refractivity contribution is -0.124. The molecule has 6 nitrogen and oxygen atoms in total. The Morgan fingerprint density at radius 1 is 0.971 bits per heavy atom. The number of thiophene rings is 1. The zero-order chi connectivity index (χ0) is 23.8. The molecule has 0 spiro atoms. The van der Waals surface area contributed by atoms with Crippen molar-refractivity contribution in [2.45, 2.75) is 50.6 Å². The van der Waals surface area contributed by atoms with Gasteiger partial charge in [0.1, 0.15) is 19.3 Å². The summed E-state index contributed by atoms with van der Waals surface area (Å²) in [5.74, 6) is 1.13. The second kappa shape index (κ2) is 9.38. The summed E-state index contributed by atoms with van der Waals surface area (Å²) in [4.78, 5) is 32.7. The fraction of sp³-hybridized carbons (Fsp3) is 0.357. The Morgan fingerprint density at radius 3 is 2.57 bits per heavy atom. The molecule has 7 heteroatoms. The van der Waals surface area contributed by atoms with Crippen molar-refractivity contribution in [2.24, 2.45) is 0 Å². The lowest BCUT2D eigenvalue weighted by Gasteiger charge is -2.33. The highest BCUT2D eigenvalue weighted by Gasteiger charge is 2.45. The molecule has 2 aromatic carbocycles. The average molecular weight is 489 g/mol. The summed E-state index contributed by atoms with van der Waals surface area (Å²) in [5, 5.41) is 1.97. The first kappa shape index (κ1) is 22.2. The van der Waals surface area contributed by atoms with Gasteiger partial charge in [-0.25, -0.2) is 0 Å². The maximum Gasteiger partial charge on any atom is 0.255 e. The average Bonchev–Trinajstić information content (AvgIpc) is 3.51. The van der Waals surface area contributed by atoms with Gasteiger partial charge in [-0.1, -0.05) is 43.5 Å². The number of hydrogen-bond donors (Lipinski definition) is 0. The number of ether oxygens (including phenoxy) is 2. The molecule has 2 aliphatic heterocycles. The van der Waals surface area contributed by atoms with Crippen LogP contribution in [0.5, 0.6) is 11.5 Å². The number of anilines is 2. The number of hydrogen-bond acceptors (Lipinski definition) is 5. The van der Waals surface area contributed by atoms with Crippen molar-refractivity contribution < 1.29 is 19.1 Å². The van der Waals surface area contributed by atoms with E-state index in [1.165, 1.54) is 6.42 Å². The van der Waals surface area contributed by atoms with Gasteiger partial charge in [-0.2, -0.15) is 0 Å². The lowest BCUT2D eigenvalue weighted by atomic mass is 9.94. The molecule has 0 saturated heterocycles. The van der Waals surface area contributed by atoms with Gasteiger partial charge in [0.25, 0.3) is 5.91 Å². The molecule has 0 bridgehead atoms. The number of benzene rings is 2. The Labute approximate surface area is 209 Å². The number of carbonyl (C=O) groups excluding carboxylic acids is 2. The fourth-order valence-corrected chi connectivity index (χ4v) is 6.25. The zero-order valence-corrected chi connectivity index (χ0v) is 20.3. The molecule has 35 heavy (non-hydrogen) atoms. The molecule has 1 fully saturated rings. The van der Waals surface area contributed by atoms with Gasteiger partial charge in [-0.15, -0.1) is 11.3 Å². The summed E-state index contributed by atoms with van der Waals surface area (Å²) in [5.41, 5.74) is 2.47. The molecule has 6 rings (SSSR count). The van der Waals surface area contributed by atoms with E-state index in [-0.39, 0.29) is 24.3 Å². The molecule has 180 valence electrons. The summed E-state index contributed by atoms with van der Waals surface area (Å²) in [7, 11) is 0. The van der Waals surface area contributed by atoms with Crippen LogP contribution in [0, 0.1) is 0 Å². The van der Waals surface area contributed by atoms with E-state index in [4.69, 9.17) is 9.47 Å². The van der Waals surface area contributed by atoms with E-state index < -0.39 is 6.04 Å². The number of nitrogens with zero attached hydrogens (tertiary/aromatic N) is 2. The molecule has 1 atom stereocenters. The summed E-state index contributed by atoms with van der Waals surface area (Å²) in [6.07, 6.45) is 5.71. The van der Waals surface area contributed by atoms with E-state index in [0.29, 0.717) is 30.4 Å². The second-order valence-electron chi connectivity index (χ2n) is 9.31. The van der Waals surface area contributed by atoms with E-state index in [2.05, 4.69) is 0 Å². The Hall–Kier alpha value is -3.32. The third kappa shape index (κ3) is 4.08. The van der Waals surface area contributed by atoms with Crippen molar-refractivity contribution in [1.82, 2.24) is 0 Å². The van der Waals surface area contributed by atoms with Crippen molar-refractivity contribution in [3.63, 3.8) is 0 Å². The highest BCUT2D eigenvalue weighted by molar-refractivity contribution is 7.10. The van der Waals surface area contributed by atoms with Crippen molar-refractivity contribution in [2.75, 3.05) is 23.0 Å². The maximum atomic E-state index is 14.2. The van der Waals surface area contributed by atoms with Crippen LogP contribution in [-0.2, 0) is 16.0 Å². The standard InChI is InChI=1S/C28H28N2O4S/c31-26(18-21-9-6-16-35-21)30(20-12-13-24-25(17-20)34-15-14-33-24)27-22-10-4-5-11-23(22)29(28(27)32)19-7-2-1-3-8-19/h4-6,9-13,16-17,19,27H,1-3,7-8,14-15,18H2. The highest BCUT2D eigenvalue weighted by atomic mass is 32.1. The van der Waals surface area contributed by atoms with Gasteiger partial charge >= 0.3 is 0 Å². The van der Waals surface area contributed by atoms with Gasteiger partial charge in [0.05, 0.1) is 6.42 Å². The first-order valence-electron chi connectivity index (χ1n) is 12.4. The van der Waals surface area contributed by atoms with Gasteiger partial charge in [0.2, 0.25) is 5.91 Å². The SMILES string of the molecule is O=C1C(N(C(=O)Cc2cccs2)c2ccc3c(c2)OCCO3)c2ccccc2N1C1CCCCC1. The van der Waals surface area contributed by atoms with Crippen molar-refractivity contribution in [1.29, 1.82) is 0 Å². The number of amides is 2. The molecule has 3 heterocycles. The first-order chi connectivity index (χ1) is 17.2. The summed E-state index contributed by atoms with van der Waals surface area (Å²) in [6.45, 7) is 0.957. The number of carbonyl (C=O) groups is 2. The largest absolute Gasteiger partial charge is 0.486 e.